The highest BCUT2D eigenvalue weighted by Crippen LogP contribution is 2.28. The number of carbonyl (C=O) groups is 2. The van der Waals surface area contributed by atoms with Crippen LogP contribution in [0.25, 0.3) is 11.3 Å². The monoisotopic (exact) mass is 483 g/mol. The van der Waals surface area contributed by atoms with Crippen molar-refractivity contribution in [2.45, 2.75) is 26.4 Å². The fourth-order valence-electron chi connectivity index (χ4n) is 4.24. The first-order valence-electron chi connectivity index (χ1n) is 11.5. The molecule has 2 aromatic heterocycles. The van der Waals surface area contributed by atoms with Crippen LogP contribution in [0.2, 0.25) is 0 Å². The first kappa shape index (κ1) is 23.2. The molecule has 2 amide bonds. The minimum atomic E-state index is -0.488. The van der Waals surface area contributed by atoms with Gasteiger partial charge in [-0.25, -0.2) is 15.4 Å². The summed E-state index contributed by atoms with van der Waals surface area (Å²) < 4.78 is 0. The molecule has 0 radical (unpaired) electrons. The highest BCUT2D eigenvalue weighted by atomic mass is 16.2. The summed E-state index contributed by atoms with van der Waals surface area (Å²) in [5.41, 5.74) is 6.60. The van der Waals surface area contributed by atoms with E-state index in [4.69, 9.17) is 0 Å². The van der Waals surface area contributed by atoms with E-state index in [2.05, 4.69) is 31.0 Å². The van der Waals surface area contributed by atoms with Crippen LogP contribution in [0.3, 0.4) is 0 Å². The second-order valence-corrected chi connectivity index (χ2v) is 8.62. The SMILES string of the molecule is CNC(=O)c1cccc(-c2ccc(CNC(=O)c3c[nH]c4c(c3=O)C(C)=NC3=CC(C)NN34)cn2)c1. The maximum atomic E-state index is 13.2. The summed E-state index contributed by atoms with van der Waals surface area (Å²) in [6, 6.07) is 10.9. The Labute approximate surface area is 207 Å². The van der Waals surface area contributed by atoms with E-state index >= 15 is 0 Å². The molecule has 4 heterocycles. The smallest absolute Gasteiger partial charge is 0.257 e. The number of hydrazine groups is 1. The topological polar surface area (TPSA) is 132 Å². The predicted octanol–water partition coefficient (Wildman–Crippen LogP) is 2.10. The van der Waals surface area contributed by atoms with E-state index in [-0.39, 0.29) is 29.5 Å². The molecule has 10 heteroatoms. The molecule has 2 aliphatic heterocycles. The Balaban J connectivity index is 1.30. The number of rotatable bonds is 5. The number of benzene rings is 1. The number of amides is 2. The fourth-order valence-corrected chi connectivity index (χ4v) is 4.24. The lowest BCUT2D eigenvalue weighted by Gasteiger charge is -2.27. The molecule has 1 aromatic carbocycles. The van der Waals surface area contributed by atoms with Crippen LogP contribution in [0, 0.1) is 0 Å². The minimum Gasteiger partial charge on any atom is -0.355 e. The van der Waals surface area contributed by atoms with Gasteiger partial charge in [-0.2, -0.15) is 0 Å². The molecule has 0 spiro atoms. The molecule has 0 saturated carbocycles. The zero-order chi connectivity index (χ0) is 25.4. The van der Waals surface area contributed by atoms with E-state index < -0.39 is 5.91 Å². The van der Waals surface area contributed by atoms with Crippen molar-refractivity contribution in [1.82, 2.24) is 26.0 Å². The summed E-state index contributed by atoms with van der Waals surface area (Å²) in [6.07, 6.45) is 5.05. The van der Waals surface area contributed by atoms with Crippen molar-refractivity contribution in [1.29, 1.82) is 0 Å². The minimum absolute atomic E-state index is 0.0126. The summed E-state index contributed by atoms with van der Waals surface area (Å²) >= 11 is 0. The van der Waals surface area contributed by atoms with Crippen molar-refractivity contribution in [2.75, 3.05) is 12.1 Å². The molecule has 1 unspecified atom stereocenters. The van der Waals surface area contributed by atoms with Gasteiger partial charge in [0.05, 0.1) is 17.0 Å². The fraction of sp³-hybridized carbons (Fsp3) is 0.192. The van der Waals surface area contributed by atoms with Gasteiger partial charge in [-0.1, -0.05) is 18.2 Å². The van der Waals surface area contributed by atoms with Crippen LogP contribution >= 0.6 is 0 Å². The molecular weight excluding hydrogens is 458 g/mol. The lowest BCUT2D eigenvalue weighted by Crippen LogP contribution is -2.41. The second kappa shape index (κ2) is 9.23. The number of aliphatic imine (C=N–C) groups is 1. The highest BCUT2D eigenvalue weighted by molar-refractivity contribution is 6.07. The van der Waals surface area contributed by atoms with Gasteiger partial charge in [0.1, 0.15) is 17.2 Å². The molecule has 3 aromatic rings. The van der Waals surface area contributed by atoms with Crippen molar-refractivity contribution >= 4 is 23.3 Å². The van der Waals surface area contributed by atoms with Gasteiger partial charge in [-0.15, -0.1) is 0 Å². The Hall–Kier alpha value is -4.57. The molecule has 2 aliphatic rings. The predicted molar refractivity (Wildman–Crippen MR) is 137 cm³/mol. The number of nitrogens with one attached hydrogen (secondary N) is 4. The maximum Gasteiger partial charge on any atom is 0.257 e. The van der Waals surface area contributed by atoms with Gasteiger partial charge in [-0.05, 0) is 43.7 Å². The summed E-state index contributed by atoms with van der Waals surface area (Å²) in [5, 5.41) is 7.13. The molecule has 182 valence electrons. The number of carbonyl (C=O) groups excluding carboxylic acids is 2. The van der Waals surface area contributed by atoms with Crippen molar-refractivity contribution in [3.63, 3.8) is 0 Å². The van der Waals surface area contributed by atoms with Crippen LogP contribution in [0.15, 0.2) is 70.5 Å². The molecule has 0 bridgehead atoms. The average molecular weight is 484 g/mol. The largest absolute Gasteiger partial charge is 0.355 e. The zero-order valence-electron chi connectivity index (χ0n) is 20.0. The number of aromatic amines is 1. The highest BCUT2D eigenvalue weighted by Gasteiger charge is 2.31. The lowest BCUT2D eigenvalue weighted by atomic mass is 10.1. The first-order valence-corrected chi connectivity index (χ1v) is 11.5. The lowest BCUT2D eigenvalue weighted by molar-refractivity contribution is 0.0945. The normalized spacial score (nSPS) is 16.0. The third-order valence-electron chi connectivity index (χ3n) is 6.06. The average Bonchev–Trinajstić information content (AvgIpc) is 3.27. The Morgan fingerprint density at radius 1 is 1.17 bits per heavy atom. The van der Waals surface area contributed by atoms with Gasteiger partial charge in [0.2, 0.25) is 5.43 Å². The summed E-state index contributed by atoms with van der Waals surface area (Å²) in [7, 11) is 1.58. The number of H-pyrrole nitrogens is 1. The van der Waals surface area contributed by atoms with Gasteiger partial charge in [-0.3, -0.25) is 19.4 Å². The third kappa shape index (κ3) is 4.18. The molecule has 0 aliphatic carbocycles. The number of hydrogen-bond acceptors (Lipinski definition) is 7. The summed E-state index contributed by atoms with van der Waals surface area (Å²) in [5.74, 6) is 0.632. The van der Waals surface area contributed by atoms with Crippen LogP contribution in [-0.4, -0.2) is 40.6 Å². The van der Waals surface area contributed by atoms with Gasteiger partial charge in [0, 0.05) is 43.2 Å². The van der Waals surface area contributed by atoms with E-state index in [1.165, 1.54) is 6.20 Å². The van der Waals surface area contributed by atoms with E-state index in [1.807, 2.05) is 31.2 Å². The van der Waals surface area contributed by atoms with Crippen molar-refractivity contribution in [3.05, 3.63) is 93.2 Å². The Bertz CT molecular complexity index is 1490. The molecule has 0 fully saturated rings. The van der Waals surface area contributed by atoms with E-state index in [0.717, 1.165) is 16.9 Å². The van der Waals surface area contributed by atoms with E-state index in [0.29, 0.717) is 28.4 Å². The second-order valence-electron chi connectivity index (χ2n) is 8.62. The number of hydrogen-bond donors (Lipinski definition) is 4. The first-order chi connectivity index (χ1) is 17.4. The van der Waals surface area contributed by atoms with Crippen molar-refractivity contribution in [3.8, 4) is 11.3 Å². The Morgan fingerprint density at radius 3 is 2.75 bits per heavy atom. The zero-order valence-corrected chi connectivity index (χ0v) is 20.0. The number of anilines is 1. The van der Waals surface area contributed by atoms with E-state index in [1.54, 1.807) is 43.4 Å². The maximum absolute atomic E-state index is 13.2. The van der Waals surface area contributed by atoms with Gasteiger partial charge in [0.15, 0.2) is 0 Å². The van der Waals surface area contributed by atoms with Gasteiger partial charge in [0.25, 0.3) is 11.8 Å². The van der Waals surface area contributed by atoms with Gasteiger partial charge < -0.3 is 15.6 Å². The number of aromatic nitrogens is 2. The standard InChI is InChI=1S/C26H25N7O3/c1-14-9-21-31-15(2)22-23(34)19(13-29-24(22)33(21)32-14)26(36)30-12-16-7-8-20(28-11-16)17-5-4-6-18(10-17)25(35)27-3/h4-11,13-14,32H,12H2,1-3H3,(H,27,35)(H,29,34)(H,30,36). The number of pyridine rings is 2. The quantitative estimate of drug-likeness (QED) is 0.440. The Kier molecular flexibility index (Phi) is 5.95. The van der Waals surface area contributed by atoms with Crippen LogP contribution in [0.4, 0.5) is 5.82 Å². The van der Waals surface area contributed by atoms with Crippen LogP contribution < -0.4 is 26.5 Å². The van der Waals surface area contributed by atoms with Gasteiger partial charge >= 0.3 is 0 Å². The number of fused-ring (bicyclic) bond motifs is 3. The molecule has 36 heavy (non-hydrogen) atoms. The van der Waals surface area contributed by atoms with Crippen LogP contribution in [0.1, 0.15) is 45.7 Å². The van der Waals surface area contributed by atoms with Crippen molar-refractivity contribution < 1.29 is 9.59 Å². The van der Waals surface area contributed by atoms with Crippen LogP contribution in [0.5, 0.6) is 0 Å². The summed E-state index contributed by atoms with van der Waals surface area (Å²) in [4.78, 5) is 50.0. The summed E-state index contributed by atoms with van der Waals surface area (Å²) in [6.45, 7) is 3.94. The molecule has 5 rings (SSSR count). The third-order valence-corrected chi connectivity index (χ3v) is 6.06. The Morgan fingerprint density at radius 2 is 2.00 bits per heavy atom. The van der Waals surface area contributed by atoms with Crippen LogP contribution in [-0.2, 0) is 6.54 Å². The molecule has 0 saturated heterocycles. The molecule has 10 nitrogen and oxygen atoms in total. The number of nitrogens with zero attached hydrogens (tertiary/aromatic N) is 3. The van der Waals surface area contributed by atoms with Crippen molar-refractivity contribution in [2.24, 2.45) is 4.99 Å². The molecule has 4 N–H and O–H groups in total. The molecular formula is C26H25N7O3. The molecule has 1 atom stereocenters. The van der Waals surface area contributed by atoms with E-state index in [9.17, 15) is 14.4 Å².